The second kappa shape index (κ2) is 5.46. The van der Waals surface area contributed by atoms with Gasteiger partial charge in [0, 0.05) is 9.13 Å². The smallest absolute Gasteiger partial charge is 0.251 e. The maximum atomic E-state index is 11.7. The van der Waals surface area contributed by atoms with Gasteiger partial charge in [-0.2, -0.15) is 4.98 Å². The normalized spacial score (nSPS) is 10.2. The number of carbonyl (C=O) groups excluding carboxylic acids is 1. The van der Waals surface area contributed by atoms with E-state index >= 15 is 0 Å². The topological polar surface area (TPSA) is 68.0 Å². The summed E-state index contributed by atoms with van der Waals surface area (Å²) in [6, 6.07) is 5.11. The van der Waals surface area contributed by atoms with Crippen molar-refractivity contribution in [2.75, 3.05) is 0 Å². The zero-order valence-corrected chi connectivity index (χ0v) is 11.4. The molecule has 17 heavy (non-hydrogen) atoms. The van der Waals surface area contributed by atoms with Gasteiger partial charge in [-0.05, 0) is 40.8 Å². The third-order valence-electron chi connectivity index (χ3n) is 2.00. The maximum Gasteiger partial charge on any atom is 0.251 e. The SMILES string of the molecule is O=C(NCc1ncon1)c1ccc(I)c(Cl)c1. The molecule has 2 aromatic rings. The fourth-order valence-electron chi connectivity index (χ4n) is 1.17. The molecule has 1 amide bonds. The number of nitrogens with zero attached hydrogens (tertiary/aromatic N) is 2. The third kappa shape index (κ3) is 3.16. The molecule has 0 aliphatic carbocycles. The Morgan fingerprint density at radius 1 is 1.53 bits per heavy atom. The van der Waals surface area contributed by atoms with Gasteiger partial charge in [0.1, 0.15) is 0 Å². The number of hydrogen-bond donors (Lipinski definition) is 1. The van der Waals surface area contributed by atoms with E-state index < -0.39 is 0 Å². The van der Waals surface area contributed by atoms with E-state index in [9.17, 15) is 4.79 Å². The molecule has 0 fully saturated rings. The highest BCUT2D eigenvalue weighted by Crippen LogP contribution is 2.19. The first kappa shape index (κ1) is 12.3. The molecule has 5 nitrogen and oxygen atoms in total. The van der Waals surface area contributed by atoms with Gasteiger partial charge < -0.3 is 9.84 Å². The lowest BCUT2D eigenvalue weighted by Gasteiger charge is -2.03. The standard InChI is InChI=1S/C10H7ClIN3O2/c11-7-3-6(1-2-8(7)12)10(16)13-4-9-14-5-17-15-9/h1-3,5H,4H2,(H,13,16). The van der Waals surface area contributed by atoms with Crippen LogP contribution in [0.25, 0.3) is 0 Å². The highest BCUT2D eigenvalue weighted by atomic mass is 127. The first-order valence-electron chi connectivity index (χ1n) is 4.65. The van der Waals surface area contributed by atoms with Crippen molar-refractivity contribution in [1.82, 2.24) is 15.5 Å². The van der Waals surface area contributed by atoms with Crippen LogP contribution >= 0.6 is 34.2 Å². The summed E-state index contributed by atoms with van der Waals surface area (Å²) in [4.78, 5) is 15.5. The molecule has 0 spiro atoms. The van der Waals surface area contributed by atoms with Crippen molar-refractivity contribution in [3.63, 3.8) is 0 Å². The zero-order chi connectivity index (χ0) is 12.3. The first-order chi connectivity index (χ1) is 8.16. The van der Waals surface area contributed by atoms with Crippen molar-refractivity contribution in [2.24, 2.45) is 0 Å². The van der Waals surface area contributed by atoms with Crippen LogP contribution in [0.4, 0.5) is 0 Å². The molecule has 1 aromatic heterocycles. The number of benzene rings is 1. The number of rotatable bonds is 3. The molecule has 0 bridgehead atoms. The van der Waals surface area contributed by atoms with E-state index in [0.29, 0.717) is 16.4 Å². The number of amides is 1. The Kier molecular flexibility index (Phi) is 3.95. The van der Waals surface area contributed by atoms with Gasteiger partial charge in [0.05, 0.1) is 11.6 Å². The molecular formula is C10H7ClIN3O2. The van der Waals surface area contributed by atoms with Crippen molar-refractivity contribution in [3.8, 4) is 0 Å². The van der Waals surface area contributed by atoms with Gasteiger partial charge in [-0.3, -0.25) is 4.79 Å². The lowest BCUT2D eigenvalue weighted by molar-refractivity contribution is 0.0949. The molecule has 1 aromatic carbocycles. The molecule has 1 N–H and O–H groups in total. The highest BCUT2D eigenvalue weighted by molar-refractivity contribution is 14.1. The number of nitrogens with one attached hydrogen (secondary N) is 1. The minimum Gasteiger partial charge on any atom is -0.345 e. The van der Waals surface area contributed by atoms with Crippen LogP contribution < -0.4 is 5.32 Å². The van der Waals surface area contributed by atoms with E-state index in [4.69, 9.17) is 11.6 Å². The van der Waals surface area contributed by atoms with Gasteiger partial charge >= 0.3 is 0 Å². The molecule has 0 atom stereocenters. The second-order valence-electron chi connectivity index (χ2n) is 3.16. The summed E-state index contributed by atoms with van der Waals surface area (Å²) in [7, 11) is 0. The van der Waals surface area contributed by atoms with Crippen LogP contribution in [-0.4, -0.2) is 16.0 Å². The van der Waals surface area contributed by atoms with E-state index in [1.165, 1.54) is 6.39 Å². The molecule has 0 unspecified atom stereocenters. The predicted octanol–water partition coefficient (Wildman–Crippen LogP) is 2.26. The van der Waals surface area contributed by atoms with Crippen molar-refractivity contribution < 1.29 is 9.32 Å². The third-order valence-corrected chi connectivity index (χ3v) is 3.57. The number of hydrogen-bond acceptors (Lipinski definition) is 4. The van der Waals surface area contributed by atoms with Crippen molar-refractivity contribution in [1.29, 1.82) is 0 Å². The van der Waals surface area contributed by atoms with Gasteiger partial charge in [0.25, 0.3) is 5.91 Å². The lowest BCUT2D eigenvalue weighted by Crippen LogP contribution is -2.23. The van der Waals surface area contributed by atoms with Gasteiger partial charge in [-0.1, -0.05) is 16.8 Å². The molecule has 88 valence electrons. The summed E-state index contributed by atoms with van der Waals surface area (Å²) in [6.07, 6.45) is 1.21. The summed E-state index contributed by atoms with van der Waals surface area (Å²) >= 11 is 8.03. The van der Waals surface area contributed by atoms with E-state index in [2.05, 4.69) is 42.6 Å². The monoisotopic (exact) mass is 363 g/mol. The fraction of sp³-hybridized carbons (Fsp3) is 0.100. The Hall–Kier alpha value is -1.15. The molecule has 0 saturated carbocycles. The predicted molar refractivity (Wildman–Crippen MR) is 69.6 cm³/mol. The van der Waals surface area contributed by atoms with E-state index in [0.717, 1.165) is 3.57 Å². The van der Waals surface area contributed by atoms with Crippen LogP contribution in [-0.2, 0) is 6.54 Å². The summed E-state index contributed by atoms with van der Waals surface area (Å²) in [5.41, 5.74) is 0.499. The van der Waals surface area contributed by atoms with Gasteiger partial charge in [-0.15, -0.1) is 0 Å². The van der Waals surface area contributed by atoms with Crippen LogP contribution in [0.1, 0.15) is 16.2 Å². The van der Waals surface area contributed by atoms with Crippen LogP contribution in [0.5, 0.6) is 0 Å². The summed E-state index contributed by atoms with van der Waals surface area (Å²) in [6.45, 7) is 0.221. The first-order valence-corrected chi connectivity index (χ1v) is 6.11. The average Bonchev–Trinajstić information content (AvgIpc) is 2.82. The Morgan fingerprint density at radius 2 is 2.35 bits per heavy atom. The lowest BCUT2D eigenvalue weighted by atomic mass is 10.2. The van der Waals surface area contributed by atoms with Gasteiger partial charge in [0.15, 0.2) is 5.82 Å². The summed E-state index contributed by atoms with van der Waals surface area (Å²) < 4.78 is 5.45. The quantitative estimate of drug-likeness (QED) is 0.850. The number of carbonyl (C=O) groups is 1. The Labute approximate surface area is 116 Å². The highest BCUT2D eigenvalue weighted by Gasteiger charge is 2.08. The van der Waals surface area contributed by atoms with E-state index in [1.807, 2.05) is 0 Å². The largest absolute Gasteiger partial charge is 0.345 e. The molecule has 0 aliphatic heterocycles. The second-order valence-corrected chi connectivity index (χ2v) is 4.73. The molecule has 0 saturated heterocycles. The Morgan fingerprint density at radius 3 is 3.00 bits per heavy atom. The van der Waals surface area contributed by atoms with Crippen molar-refractivity contribution in [3.05, 3.63) is 44.6 Å². The number of aromatic nitrogens is 2. The van der Waals surface area contributed by atoms with Crippen LogP contribution in [0.3, 0.4) is 0 Å². The molecular weight excluding hydrogens is 356 g/mol. The Bertz CT molecular complexity index is 530. The summed E-state index contributed by atoms with van der Waals surface area (Å²) in [5.74, 6) is 0.197. The average molecular weight is 364 g/mol. The van der Waals surface area contributed by atoms with E-state index in [1.54, 1.807) is 18.2 Å². The van der Waals surface area contributed by atoms with Crippen molar-refractivity contribution in [2.45, 2.75) is 6.54 Å². The summed E-state index contributed by atoms with van der Waals surface area (Å²) in [5, 5.41) is 6.80. The Balaban J connectivity index is 2.02. The van der Waals surface area contributed by atoms with Crippen LogP contribution in [0.15, 0.2) is 29.1 Å². The fourth-order valence-corrected chi connectivity index (χ4v) is 1.69. The van der Waals surface area contributed by atoms with Crippen molar-refractivity contribution >= 4 is 40.1 Å². The van der Waals surface area contributed by atoms with Crippen LogP contribution in [0.2, 0.25) is 5.02 Å². The molecule has 0 aliphatic rings. The van der Waals surface area contributed by atoms with Gasteiger partial charge in [-0.25, -0.2) is 0 Å². The molecule has 7 heteroatoms. The van der Waals surface area contributed by atoms with Gasteiger partial charge in [0.2, 0.25) is 6.39 Å². The number of halogens is 2. The maximum absolute atomic E-state index is 11.7. The molecule has 0 radical (unpaired) electrons. The minimum absolute atomic E-state index is 0.221. The zero-order valence-electron chi connectivity index (χ0n) is 8.48. The molecule has 2 rings (SSSR count). The molecule has 1 heterocycles. The van der Waals surface area contributed by atoms with E-state index in [-0.39, 0.29) is 12.5 Å². The minimum atomic E-state index is -0.229. The van der Waals surface area contributed by atoms with Crippen LogP contribution in [0, 0.1) is 3.57 Å².